The molecule has 0 bridgehead atoms. The van der Waals surface area contributed by atoms with Crippen molar-refractivity contribution >= 4 is 41.2 Å². The molecule has 278 valence electrons. The lowest BCUT2D eigenvalue weighted by atomic mass is 10.0. The van der Waals surface area contributed by atoms with E-state index < -0.39 is 6.03 Å². The van der Waals surface area contributed by atoms with Crippen LogP contribution in [-0.2, 0) is 4.74 Å². The molecule has 15 heteroatoms. The fourth-order valence-corrected chi connectivity index (χ4v) is 6.65. The highest BCUT2D eigenvalue weighted by Crippen LogP contribution is 2.25. The van der Waals surface area contributed by atoms with E-state index >= 15 is 0 Å². The zero-order valence-electron chi connectivity index (χ0n) is 30.7. The largest absolute Gasteiger partial charge is 0.378 e. The Hall–Kier alpha value is -5.02. The predicted octanol–water partition coefficient (Wildman–Crippen LogP) is 3.82. The second-order valence-corrected chi connectivity index (χ2v) is 14.0. The first kappa shape index (κ1) is 36.8. The molecule has 0 atom stereocenters. The minimum absolute atomic E-state index is 0.0138. The number of hydrogen-bond acceptors (Lipinski definition) is 10. The summed E-state index contributed by atoms with van der Waals surface area (Å²) < 4.78 is 5.57. The van der Waals surface area contributed by atoms with Crippen LogP contribution in [0.5, 0.6) is 0 Å². The Morgan fingerprint density at radius 3 is 1.92 bits per heavy atom. The SMILES string of the molecule is CC(C)NC(=O)N1CCCN(c2nc(-c3ccc(NC(=O)Nc4ccc(C(=O)N5CCC(N(C)C)CC5)cc4)cc3)nc(N3CCOCC3)n2)CC1. The van der Waals surface area contributed by atoms with E-state index in [0.29, 0.717) is 93.2 Å². The molecule has 6 rings (SSSR count). The molecule has 5 amide bonds. The summed E-state index contributed by atoms with van der Waals surface area (Å²) in [5.74, 6) is 1.70. The number of anilines is 4. The van der Waals surface area contributed by atoms with Gasteiger partial charge < -0.3 is 45.2 Å². The van der Waals surface area contributed by atoms with Crippen LogP contribution < -0.4 is 25.8 Å². The summed E-state index contributed by atoms with van der Waals surface area (Å²) in [6.07, 6.45) is 2.72. The number of nitrogens with one attached hydrogen (secondary N) is 3. The smallest absolute Gasteiger partial charge is 0.323 e. The third-order valence-corrected chi connectivity index (χ3v) is 9.66. The highest BCUT2D eigenvalue weighted by atomic mass is 16.5. The van der Waals surface area contributed by atoms with Crippen LogP contribution in [0.2, 0.25) is 0 Å². The second-order valence-electron chi connectivity index (χ2n) is 14.0. The molecule has 15 nitrogen and oxygen atoms in total. The number of carbonyl (C=O) groups is 3. The van der Waals surface area contributed by atoms with Crippen molar-refractivity contribution < 1.29 is 19.1 Å². The van der Waals surface area contributed by atoms with Crippen molar-refractivity contribution in [3.05, 3.63) is 54.1 Å². The van der Waals surface area contributed by atoms with Crippen LogP contribution in [0, 0.1) is 0 Å². The standard InChI is InChI=1S/C37H51N11O4/c1-26(2)38-37(51)48-17-5-16-46(20-21-48)34-41-32(42-35(43-34)47-22-24-52-25-23-47)27-6-10-29(11-7-27)39-36(50)40-30-12-8-28(9-13-30)33(49)45-18-14-31(15-19-45)44(3)4/h6-13,26,31H,5,14-25H2,1-4H3,(H,38,51)(H2,39,40,50). The van der Waals surface area contributed by atoms with Gasteiger partial charge >= 0.3 is 12.1 Å². The van der Waals surface area contributed by atoms with Gasteiger partial charge in [-0.2, -0.15) is 15.0 Å². The van der Waals surface area contributed by atoms with E-state index in [-0.39, 0.29) is 18.0 Å². The number of likely N-dealkylation sites (tertiary alicyclic amines) is 1. The number of hydrogen-bond donors (Lipinski definition) is 3. The average molecular weight is 714 g/mol. The second kappa shape index (κ2) is 17.0. The summed E-state index contributed by atoms with van der Waals surface area (Å²) in [5.41, 5.74) is 2.57. The summed E-state index contributed by atoms with van der Waals surface area (Å²) in [7, 11) is 4.16. The van der Waals surface area contributed by atoms with Crippen molar-refractivity contribution in [3.63, 3.8) is 0 Å². The fraction of sp³-hybridized carbons (Fsp3) is 0.514. The summed E-state index contributed by atoms with van der Waals surface area (Å²) >= 11 is 0. The highest BCUT2D eigenvalue weighted by molar-refractivity contribution is 6.00. The van der Waals surface area contributed by atoms with Gasteiger partial charge in [-0.25, -0.2) is 9.59 Å². The lowest BCUT2D eigenvalue weighted by molar-refractivity contribution is 0.0663. The molecule has 2 aromatic carbocycles. The van der Waals surface area contributed by atoms with E-state index in [4.69, 9.17) is 19.7 Å². The van der Waals surface area contributed by atoms with Crippen molar-refractivity contribution in [1.82, 2.24) is 35.0 Å². The Morgan fingerprint density at radius 1 is 0.731 bits per heavy atom. The lowest BCUT2D eigenvalue weighted by Crippen LogP contribution is -2.44. The highest BCUT2D eigenvalue weighted by Gasteiger charge is 2.26. The van der Waals surface area contributed by atoms with Gasteiger partial charge in [0.05, 0.1) is 13.2 Å². The van der Waals surface area contributed by atoms with E-state index in [1.807, 2.05) is 47.9 Å². The van der Waals surface area contributed by atoms with Gasteiger partial charge in [-0.05, 0) is 95.7 Å². The molecule has 0 saturated carbocycles. The minimum Gasteiger partial charge on any atom is -0.378 e. The summed E-state index contributed by atoms with van der Waals surface area (Å²) in [4.78, 5) is 63.4. The van der Waals surface area contributed by atoms with Crippen LogP contribution in [0.1, 0.15) is 43.5 Å². The van der Waals surface area contributed by atoms with Crippen molar-refractivity contribution in [2.24, 2.45) is 0 Å². The molecule has 3 saturated heterocycles. The van der Waals surface area contributed by atoms with Gasteiger partial charge in [0.1, 0.15) is 0 Å². The summed E-state index contributed by atoms with van der Waals surface area (Å²) in [6.45, 7) is 10.5. The Balaban J connectivity index is 1.09. The Bertz CT molecular complexity index is 1670. The maximum atomic E-state index is 13.0. The quantitative estimate of drug-likeness (QED) is 0.315. The maximum absolute atomic E-state index is 13.0. The number of benzene rings is 2. The molecule has 0 radical (unpaired) electrons. The third kappa shape index (κ3) is 9.44. The van der Waals surface area contributed by atoms with Gasteiger partial charge in [-0.15, -0.1) is 0 Å². The van der Waals surface area contributed by atoms with Crippen LogP contribution in [-0.4, -0.2) is 139 Å². The number of rotatable bonds is 8. The Labute approximate surface area is 305 Å². The molecule has 3 aliphatic rings. The topological polar surface area (TPSA) is 151 Å². The van der Waals surface area contributed by atoms with E-state index in [1.165, 1.54) is 0 Å². The number of aromatic nitrogens is 3. The molecule has 0 aliphatic carbocycles. The molecule has 4 heterocycles. The van der Waals surface area contributed by atoms with Crippen molar-refractivity contribution in [2.45, 2.75) is 45.2 Å². The van der Waals surface area contributed by atoms with Gasteiger partial charge in [-0.1, -0.05) is 0 Å². The number of carbonyl (C=O) groups excluding carboxylic acids is 3. The molecule has 1 aromatic heterocycles. The van der Waals surface area contributed by atoms with E-state index in [9.17, 15) is 14.4 Å². The molecular formula is C37H51N11O4. The van der Waals surface area contributed by atoms with Crippen LogP contribution in [0.15, 0.2) is 48.5 Å². The molecule has 52 heavy (non-hydrogen) atoms. The van der Waals surface area contributed by atoms with E-state index in [0.717, 1.165) is 37.9 Å². The number of amides is 5. The minimum atomic E-state index is -0.396. The first-order chi connectivity index (χ1) is 25.1. The lowest BCUT2D eigenvalue weighted by Gasteiger charge is -2.35. The fourth-order valence-electron chi connectivity index (χ4n) is 6.65. The van der Waals surface area contributed by atoms with E-state index in [1.54, 1.807) is 24.3 Å². The number of piperidine rings is 1. The molecule has 0 unspecified atom stereocenters. The number of morpholine rings is 1. The van der Waals surface area contributed by atoms with Crippen LogP contribution in [0.4, 0.5) is 32.9 Å². The number of urea groups is 2. The van der Waals surface area contributed by atoms with Crippen molar-refractivity contribution in [3.8, 4) is 11.4 Å². The number of nitrogens with zero attached hydrogens (tertiary/aromatic N) is 8. The molecule has 3 aromatic rings. The van der Waals surface area contributed by atoms with Crippen molar-refractivity contribution in [2.75, 3.05) is 100 Å². The third-order valence-electron chi connectivity index (χ3n) is 9.66. The van der Waals surface area contributed by atoms with Crippen LogP contribution in [0.3, 0.4) is 0 Å². The van der Waals surface area contributed by atoms with E-state index in [2.05, 4.69) is 44.7 Å². The van der Waals surface area contributed by atoms with Gasteiger partial charge in [0.15, 0.2) is 5.82 Å². The van der Waals surface area contributed by atoms with Crippen molar-refractivity contribution in [1.29, 1.82) is 0 Å². The Morgan fingerprint density at radius 2 is 1.33 bits per heavy atom. The zero-order chi connectivity index (χ0) is 36.6. The first-order valence-electron chi connectivity index (χ1n) is 18.3. The summed E-state index contributed by atoms with van der Waals surface area (Å²) in [6, 6.07) is 14.5. The Kier molecular flexibility index (Phi) is 12.0. The van der Waals surface area contributed by atoms with Gasteiger partial charge in [0.25, 0.3) is 5.91 Å². The predicted molar refractivity (Wildman–Crippen MR) is 202 cm³/mol. The van der Waals surface area contributed by atoms with Gasteiger partial charge in [-0.3, -0.25) is 4.79 Å². The van der Waals surface area contributed by atoms with Crippen LogP contribution in [0.25, 0.3) is 11.4 Å². The summed E-state index contributed by atoms with van der Waals surface area (Å²) in [5, 5.41) is 8.72. The molecular weight excluding hydrogens is 662 g/mol. The molecule has 3 N–H and O–H groups in total. The van der Waals surface area contributed by atoms with Crippen LogP contribution >= 0.6 is 0 Å². The monoisotopic (exact) mass is 713 g/mol. The number of ether oxygens (including phenoxy) is 1. The molecule has 3 aliphatic heterocycles. The average Bonchev–Trinajstić information content (AvgIpc) is 3.42. The molecule has 0 spiro atoms. The molecule has 3 fully saturated rings. The van der Waals surface area contributed by atoms with Gasteiger partial charge in [0, 0.05) is 86.9 Å². The normalized spacial score (nSPS) is 17.3. The zero-order valence-corrected chi connectivity index (χ0v) is 30.7. The van der Waals surface area contributed by atoms with Gasteiger partial charge in [0.2, 0.25) is 11.9 Å². The maximum Gasteiger partial charge on any atom is 0.323 e. The first-order valence-corrected chi connectivity index (χ1v) is 18.3.